The molecule has 1 aromatic heterocycles. The Morgan fingerprint density at radius 3 is 2.68 bits per heavy atom. The summed E-state index contributed by atoms with van der Waals surface area (Å²) >= 11 is 12.1. The predicted octanol–water partition coefficient (Wildman–Crippen LogP) is 3.85. The van der Waals surface area contributed by atoms with Crippen LogP contribution in [0.4, 0.5) is 0 Å². The maximum Gasteiger partial charge on any atom is 0.255 e. The van der Waals surface area contributed by atoms with Gasteiger partial charge in [0.1, 0.15) is 0 Å². The Morgan fingerprint density at radius 2 is 2.05 bits per heavy atom. The molecule has 0 radical (unpaired) electrons. The lowest BCUT2D eigenvalue weighted by Crippen LogP contribution is -2.34. The molecule has 6 heteroatoms. The maximum atomic E-state index is 12.7. The van der Waals surface area contributed by atoms with Gasteiger partial charge in [-0.3, -0.25) is 9.78 Å². The van der Waals surface area contributed by atoms with Crippen LogP contribution in [0.15, 0.2) is 42.6 Å². The van der Waals surface area contributed by atoms with Gasteiger partial charge in [-0.1, -0.05) is 35.3 Å². The Balaban J connectivity index is 2.32. The lowest BCUT2D eigenvalue weighted by molar-refractivity contribution is 0.0595. The number of ether oxygens (including phenoxy) is 1. The first kappa shape index (κ1) is 16.7. The Labute approximate surface area is 139 Å². The summed E-state index contributed by atoms with van der Waals surface area (Å²) in [6.07, 6.45) is 1.68. The van der Waals surface area contributed by atoms with Crippen LogP contribution in [0.5, 0.6) is 0 Å². The molecule has 2 rings (SSSR count). The van der Waals surface area contributed by atoms with Crippen LogP contribution < -0.4 is 0 Å². The van der Waals surface area contributed by atoms with Crippen molar-refractivity contribution < 1.29 is 9.53 Å². The highest BCUT2D eigenvalue weighted by Crippen LogP contribution is 2.28. The molecule has 0 fully saturated rings. The van der Waals surface area contributed by atoms with E-state index in [4.69, 9.17) is 27.9 Å². The van der Waals surface area contributed by atoms with Crippen molar-refractivity contribution in [3.05, 3.63) is 63.9 Å². The molecular weight excluding hydrogens is 323 g/mol. The molecule has 22 heavy (non-hydrogen) atoms. The first-order chi connectivity index (χ1) is 10.6. The molecule has 0 spiro atoms. The number of likely N-dealkylation sites (N-methyl/N-ethyl adjacent to an activating group) is 1. The number of pyridine rings is 1. The number of hydrogen-bond acceptors (Lipinski definition) is 3. The summed E-state index contributed by atoms with van der Waals surface area (Å²) in [5, 5.41) is 0.597. The minimum Gasteiger partial charge on any atom is -0.382 e. The third kappa shape index (κ3) is 3.58. The van der Waals surface area contributed by atoms with Gasteiger partial charge >= 0.3 is 0 Å². The number of halogens is 2. The van der Waals surface area contributed by atoms with Crippen LogP contribution in [0.3, 0.4) is 0 Å². The average molecular weight is 339 g/mol. The van der Waals surface area contributed by atoms with E-state index in [1.165, 1.54) is 0 Å². The molecule has 0 aliphatic rings. The van der Waals surface area contributed by atoms with Gasteiger partial charge in [-0.25, -0.2) is 0 Å². The molecule has 0 saturated carbocycles. The maximum absolute atomic E-state index is 12.7. The van der Waals surface area contributed by atoms with E-state index in [0.717, 1.165) is 5.69 Å². The minimum absolute atomic E-state index is 0.236. The summed E-state index contributed by atoms with van der Waals surface area (Å²) in [6.45, 7) is 0.331. The van der Waals surface area contributed by atoms with Crippen molar-refractivity contribution in [3.8, 4) is 0 Å². The smallest absolute Gasteiger partial charge is 0.255 e. The number of hydrogen-bond donors (Lipinski definition) is 0. The van der Waals surface area contributed by atoms with Gasteiger partial charge in [0.15, 0.2) is 0 Å². The second-order valence-electron chi connectivity index (χ2n) is 4.74. The van der Waals surface area contributed by atoms with E-state index in [9.17, 15) is 4.79 Å². The van der Waals surface area contributed by atoms with Crippen LogP contribution in [0.1, 0.15) is 22.1 Å². The standard InChI is InChI=1S/C16H16Cl2N2O2/c1-20(14(10-22-2)13-8-3-4-9-19-13)16(21)11-6-5-7-12(17)15(11)18/h3-9,14H,10H2,1-2H3/t14-/m1/s1. The third-order valence-corrected chi connectivity index (χ3v) is 4.14. The van der Waals surface area contributed by atoms with Crippen LogP contribution >= 0.6 is 23.2 Å². The zero-order chi connectivity index (χ0) is 16.1. The Morgan fingerprint density at radius 1 is 1.27 bits per heavy atom. The van der Waals surface area contributed by atoms with Crippen molar-refractivity contribution in [3.63, 3.8) is 0 Å². The molecule has 1 atom stereocenters. The number of methoxy groups -OCH3 is 1. The molecule has 1 aromatic carbocycles. The normalized spacial score (nSPS) is 12.0. The monoisotopic (exact) mass is 338 g/mol. The number of rotatable bonds is 5. The molecule has 2 aromatic rings. The van der Waals surface area contributed by atoms with Gasteiger partial charge in [0, 0.05) is 20.4 Å². The molecule has 116 valence electrons. The van der Waals surface area contributed by atoms with E-state index in [0.29, 0.717) is 17.2 Å². The van der Waals surface area contributed by atoms with E-state index in [1.54, 1.807) is 43.5 Å². The van der Waals surface area contributed by atoms with Crippen LogP contribution in [-0.4, -0.2) is 36.6 Å². The highest BCUT2D eigenvalue weighted by Gasteiger charge is 2.25. The van der Waals surface area contributed by atoms with Gasteiger partial charge in [-0.05, 0) is 24.3 Å². The summed E-state index contributed by atoms with van der Waals surface area (Å²) in [5.41, 5.74) is 1.10. The molecule has 1 amide bonds. The van der Waals surface area contributed by atoms with Gasteiger partial charge in [0.05, 0.1) is 34.0 Å². The zero-order valence-electron chi connectivity index (χ0n) is 12.3. The van der Waals surface area contributed by atoms with E-state index < -0.39 is 0 Å². The second kappa shape index (κ2) is 7.58. The molecule has 4 nitrogen and oxygen atoms in total. The van der Waals surface area contributed by atoms with Gasteiger partial charge in [-0.15, -0.1) is 0 Å². The highest BCUT2D eigenvalue weighted by atomic mass is 35.5. The van der Waals surface area contributed by atoms with Gasteiger partial charge in [0.2, 0.25) is 0 Å². The van der Waals surface area contributed by atoms with Gasteiger partial charge in [0.25, 0.3) is 5.91 Å². The quantitative estimate of drug-likeness (QED) is 0.831. The van der Waals surface area contributed by atoms with Crippen molar-refractivity contribution in [2.45, 2.75) is 6.04 Å². The molecular formula is C16H16Cl2N2O2. The predicted molar refractivity (Wildman–Crippen MR) is 87.4 cm³/mol. The third-order valence-electron chi connectivity index (χ3n) is 3.32. The molecule has 0 aliphatic heterocycles. The first-order valence-corrected chi connectivity index (χ1v) is 7.43. The Bertz CT molecular complexity index is 650. The molecule has 0 aliphatic carbocycles. The van der Waals surface area contributed by atoms with Crippen LogP contribution in [0.25, 0.3) is 0 Å². The number of nitrogens with zero attached hydrogens (tertiary/aromatic N) is 2. The summed E-state index contributed by atoms with van der Waals surface area (Å²) in [4.78, 5) is 18.6. The van der Waals surface area contributed by atoms with Gasteiger partial charge < -0.3 is 9.64 Å². The Hall–Kier alpha value is -1.62. The fourth-order valence-corrected chi connectivity index (χ4v) is 2.51. The van der Waals surface area contributed by atoms with Crippen molar-refractivity contribution >= 4 is 29.1 Å². The fraction of sp³-hybridized carbons (Fsp3) is 0.250. The zero-order valence-corrected chi connectivity index (χ0v) is 13.8. The largest absolute Gasteiger partial charge is 0.382 e. The summed E-state index contributed by atoms with van der Waals surface area (Å²) < 4.78 is 5.23. The summed E-state index contributed by atoms with van der Waals surface area (Å²) in [7, 11) is 3.28. The van der Waals surface area contributed by atoms with E-state index in [-0.39, 0.29) is 17.0 Å². The van der Waals surface area contributed by atoms with E-state index in [2.05, 4.69) is 4.98 Å². The van der Waals surface area contributed by atoms with E-state index in [1.807, 2.05) is 18.2 Å². The Kier molecular flexibility index (Phi) is 5.77. The number of benzene rings is 1. The number of aromatic nitrogens is 1. The lowest BCUT2D eigenvalue weighted by atomic mass is 10.1. The molecule has 0 saturated heterocycles. The molecule has 1 heterocycles. The van der Waals surface area contributed by atoms with Crippen molar-refractivity contribution in [1.82, 2.24) is 9.88 Å². The van der Waals surface area contributed by atoms with Crippen molar-refractivity contribution in [1.29, 1.82) is 0 Å². The number of carbonyl (C=O) groups excluding carboxylic acids is 1. The molecule has 0 N–H and O–H groups in total. The van der Waals surface area contributed by atoms with Crippen LogP contribution in [0, 0.1) is 0 Å². The molecule has 0 unspecified atom stereocenters. The van der Waals surface area contributed by atoms with Crippen LogP contribution in [0.2, 0.25) is 10.0 Å². The summed E-state index contributed by atoms with van der Waals surface area (Å²) in [5.74, 6) is -0.236. The van der Waals surface area contributed by atoms with E-state index >= 15 is 0 Å². The average Bonchev–Trinajstić information content (AvgIpc) is 2.55. The highest BCUT2D eigenvalue weighted by molar-refractivity contribution is 6.43. The molecule has 0 bridgehead atoms. The fourth-order valence-electron chi connectivity index (χ4n) is 2.13. The summed E-state index contributed by atoms with van der Waals surface area (Å²) in [6, 6.07) is 10.2. The number of amides is 1. The minimum atomic E-state index is -0.311. The lowest BCUT2D eigenvalue weighted by Gasteiger charge is -2.27. The second-order valence-corrected chi connectivity index (χ2v) is 5.53. The van der Waals surface area contributed by atoms with Crippen molar-refractivity contribution in [2.75, 3.05) is 20.8 Å². The first-order valence-electron chi connectivity index (χ1n) is 6.67. The SMILES string of the molecule is COC[C@H](c1ccccn1)N(C)C(=O)c1cccc(Cl)c1Cl. The van der Waals surface area contributed by atoms with Gasteiger partial charge in [-0.2, -0.15) is 0 Å². The number of carbonyl (C=O) groups is 1. The van der Waals surface area contributed by atoms with Crippen LogP contribution in [-0.2, 0) is 4.74 Å². The topological polar surface area (TPSA) is 42.4 Å². The van der Waals surface area contributed by atoms with Crippen molar-refractivity contribution in [2.24, 2.45) is 0 Å².